The van der Waals surface area contributed by atoms with Crippen molar-refractivity contribution in [2.24, 2.45) is 0 Å². The van der Waals surface area contributed by atoms with Crippen LogP contribution < -0.4 is 9.47 Å². The van der Waals surface area contributed by atoms with Gasteiger partial charge in [-0.1, -0.05) is 42.5 Å². The zero-order chi connectivity index (χ0) is 19.2. The number of carbonyl (C=O) groups is 1. The molecule has 0 saturated carbocycles. The van der Waals surface area contributed by atoms with Crippen LogP contribution in [-0.2, 0) is 4.79 Å². The maximum absolute atomic E-state index is 12.0. The molecule has 0 amide bonds. The van der Waals surface area contributed by atoms with Gasteiger partial charge in [-0.05, 0) is 47.5 Å². The molecule has 1 heterocycles. The Bertz CT molecular complexity index is 1030. The van der Waals surface area contributed by atoms with Gasteiger partial charge in [0.1, 0.15) is 11.5 Å². The summed E-state index contributed by atoms with van der Waals surface area (Å²) in [5, 5.41) is 7.45. The van der Waals surface area contributed by atoms with Gasteiger partial charge in [0.25, 0.3) is 0 Å². The predicted octanol–water partition coefficient (Wildman–Crippen LogP) is 4.39. The Balaban J connectivity index is 1.31. The smallest absolute Gasteiger partial charge is 0.349 e. The second kappa shape index (κ2) is 8.18. The highest BCUT2D eigenvalue weighted by Crippen LogP contribution is 2.23. The van der Waals surface area contributed by atoms with Crippen LogP contribution in [0, 0.1) is 0 Å². The summed E-state index contributed by atoms with van der Waals surface area (Å²) in [5.74, 6) is 0.928. The normalized spacial score (nSPS) is 10.4. The van der Waals surface area contributed by atoms with E-state index in [4.69, 9.17) is 13.9 Å². The monoisotopic (exact) mass is 372 g/mol. The Kier molecular flexibility index (Phi) is 5.11. The van der Waals surface area contributed by atoms with E-state index in [1.54, 1.807) is 24.3 Å². The Morgan fingerprint density at radius 3 is 2.11 bits per heavy atom. The standard InChI is InChI=1S/C22H16N2O4/c25-21(28-20-12-8-18(9-13-20)22-24-23-15-27-22)14-26-19-10-6-17(7-11-19)16-4-2-1-3-5-16/h1-13,15H,14H2. The average molecular weight is 372 g/mol. The molecule has 0 N–H and O–H groups in total. The summed E-state index contributed by atoms with van der Waals surface area (Å²) in [5.41, 5.74) is 2.95. The van der Waals surface area contributed by atoms with Gasteiger partial charge in [-0.15, -0.1) is 10.2 Å². The highest BCUT2D eigenvalue weighted by molar-refractivity contribution is 5.74. The van der Waals surface area contributed by atoms with Crippen molar-refractivity contribution in [2.45, 2.75) is 0 Å². The van der Waals surface area contributed by atoms with Crippen molar-refractivity contribution in [3.8, 4) is 34.1 Å². The summed E-state index contributed by atoms with van der Waals surface area (Å²) in [7, 11) is 0. The summed E-state index contributed by atoms with van der Waals surface area (Å²) < 4.78 is 15.9. The Hall–Kier alpha value is -3.93. The van der Waals surface area contributed by atoms with Crippen molar-refractivity contribution in [3.05, 3.63) is 85.3 Å². The number of hydrogen-bond acceptors (Lipinski definition) is 6. The van der Waals surface area contributed by atoms with Crippen LogP contribution in [0.15, 0.2) is 89.7 Å². The minimum atomic E-state index is -0.488. The van der Waals surface area contributed by atoms with Crippen LogP contribution in [0.3, 0.4) is 0 Å². The lowest BCUT2D eigenvalue weighted by Gasteiger charge is -2.08. The van der Waals surface area contributed by atoms with Gasteiger partial charge in [-0.2, -0.15) is 0 Å². The molecular weight excluding hydrogens is 356 g/mol. The SMILES string of the molecule is O=C(COc1ccc(-c2ccccc2)cc1)Oc1ccc(-c2nnco2)cc1. The first-order valence-electron chi connectivity index (χ1n) is 8.63. The zero-order valence-corrected chi connectivity index (χ0v) is 14.8. The third kappa shape index (κ3) is 4.24. The summed E-state index contributed by atoms with van der Waals surface area (Å²) in [6.45, 7) is -0.184. The van der Waals surface area contributed by atoms with Crippen molar-refractivity contribution in [3.63, 3.8) is 0 Å². The van der Waals surface area contributed by atoms with E-state index < -0.39 is 5.97 Å². The minimum Gasteiger partial charge on any atom is -0.482 e. The molecule has 0 unspecified atom stereocenters. The lowest BCUT2D eigenvalue weighted by Crippen LogP contribution is -2.17. The molecule has 28 heavy (non-hydrogen) atoms. The quantitative estimate of drug-likeness (QED) is 0.369. The molecule has 0 bridgehead atoms. The zero-order valence-electron chi connectivity index (χ0n) is 14.8. The molecule has 0 aliphatic heterocycles. The molecule has 0 spiro atoms. The molecule has 1 aromatic heterocycles. The maximum atomic E-state index is 12.0. The number of aromatic nitrogens is 2. The van der Waals surface area contributed by atoms with E-state index >= 15 is 0 Å². The van der Waals surface area contributed by atoms with Crippen molar-refractivity contribution in [1.82, 2.24) is 10.2 Å². The fraction of sp³-hybridized carbons (Fsp3) is 0.0455. The van der Waals surface area contributed by atoms with Crippen LogP contribution in [-0.4, -0.2) is 22.8 Å². The molecule has 0 radical (unpaired) electrons. The summed E-state index contributed by atoms with van der Waals surface area (Å²) in [6, 6.07) is 24.4. The van der Waals surface area contributed by atoms with Gasteiger partial charge in [0.2, 0.25) is 12.3 Å². The Morgan fingerprint density at radius 2 is 1.43 bits per heavy atom. The molecule has 0 fully saturated rings. The number of hydrogen-bond donors (Lipinski definition) is 0. The summed E-state index contributed by atoms with van der Waals surface area (Å²) >= 11 is 0. The molecule has 138 valence electrons. The van der Waals surface area contributed by atoms with Gasteiger partial charge >= 0.3 is 5.97 Å². The molecule has 6 nitrogen and oxygen atoms in total. The van der Waals surface area contributed by atoms with E-state index in [1.807, 2.05) is 54.6 Å². The highest BCUT2D eigenvalue weighted by Gasteiger charge is 2.08. The van der Waals surface area contributed by atoms with Gasteiger partial charge in [0, 0.05) is 5.56 Å². The lowest BCUT2D eigenvalue weighted by atomic mass is 10.1. The van der Waals surface area contributed by atoms with Crippen LogP contribution in [0.25, 0.3) is 22.6 Å². The number of nitrogens with zero attached hydrogens (tertiary/aromatic N) is 2. The minimum absolute atomic E-state index is 0.184. The van der Waals surface area contributed by atoms with E-state index in [1.165, 1.54) is 6.39 Å². The highest BCUT2D eigenvalue weighted by atomic mass is 16.6. The molecule has 6 heteroatoms. The van der Waals surface area contributed by atoms with Crippen molar-refractivity contribution in [2.75, 3.05) is 6.61 Å². The molecule has 0 aliphatic carbocycles. The topological polar surface area (TPSA) is 74.5 Å². The molecule has 0 aliphatic rings. The summed E-state index contributed by atoms with van der Waals surface area (Å²) in [6.07, 6.45) is 1.26. The Morgan fingerprint density at radius 1 is 0.786 bits per heavy atom. The third-order valence-corrected chi connectivity index (χ3v) is 4.01. The van der Waals surface area contributed by atoms with E-state index in [-0.39, 0.29) is 6.61 Å². The van der Waals surface area contributed by atoms with Crippen LogP contribution >= 0.6 is 0 Å². The first-order chi connectivity index (χ1) is 13.8. The fourth-order valence-corrected chi connectivity index (χ4v) is 2.64. The van der Waals surface area contributed by atoms with Gasteiger partial charge in [0.15, 0.2) is 6.61 Å². The van der Waals surface area contributed by atoms with Crippen molar-refractivity contribution >= 4 is 5.97 Å². The second-order valence-electron chi connectivity index (χ2n) is 5.92. The van der Waals surface area contributed by atoms with Crippen LogP contribution in [0.4, 0.5) is 0 Å². The van der Waals surface area contributed by atoms with Crippen LogP contribution in [0.1, 0.15) is 0 Å². The number of esters is 1. The van der Waals surface area contributed by atoms with Gasteiger partial charge in [-0.25, -0.2) is 4.79 Å². The van der Waals surface area contributed by atoms with Crippen molar-refractivity contribution < 1.29 is 18.7 Å². The molecule has 4 rings (SSSR count). The number of rotatable bonds is 6. The van der Waals surface area contributed by atoms with Gasteiger partial charge in [0.05, 0.1) is 0 Å². The molecular formula is C22H16N2O4. The first kappa shape index (κ1) is 17.5. The Labute approximate surface area is 161 Å². The second-order valence-corrected chi connectivity index (χ2v) is 5.92. The molecule has 3 aromatic carbocycles. The van der Waals surface area contributed by atoms with Gasteiger partial charge in [-0.3, -0.25) is 0 Å². The average Bonchev–Trinajstić information content (AvgIpc) is 3.29. The number of carbonyl (C=O) groups excluding carboxylic acids is 1. The van der Waals surface area contributed by atoms with Crippen LogP contribution in [0.5, 0.6) is 11.5 Å². The van der Waals surface area contributed by atoms with E-state index in [0.717, 1.165) is 16.7 Å². The molecule has 4 aromatic rings. The van der Waals surface area contributed by atoms with Crippen molar-refractivity contribution in [1.29, 1.82) is 0 Å². The molecule has 0 atom stereocenters. The largest absolute Gasteiger partial charge is 0.482 e. The first-order valence-corrected chi connectivity index (χ1v) is 8.63. The molecule has 0 saturated heterocycles. The predicted molar refractivity (Wildman–Crippen MR) is 103 cm³/mol. The fourth-order valence-electron chi connectivity index (χ4n) is 2.64. The van der Waals surface area contributed by atoms with E-state index in [0.29, 0.717) is 17.4 Å². The van der Waals surface area contributed by atoms with Crippen LogP contribution in [0.2, 0.25) is 0 Å². The van der Waals surface area contributed by atoms with E-state index in [2.05, 4.69) is 10.2 Å². The lowest BCUT2D eigenvalue weighted by molar-refractivity contribution is -0.136. The van der Waals surface area contributed by atoms with Gasteiger partial charge < -0.3 is 13.9 Å². The number of benzene rings is 3. The van der Waals surface area contributed by atoms with E-state index in [9.17, 15) is 4.79 Å². The third-order valence-electron chi connectivity index (χ3n) is 4.01. The summed E-state index contributed by atoms with van der Waals surface area (Å²) in [4.78, 5) is 12.0. The maximum Gasteiger partial charge on any atom is 0.349 e. The number of ether oxygens (including phenoxy) is 2.